The summed E-state index contributed by atoms with van der Waals surface area (Å²) in [7, 11) is 0. The zero-order valence-corrected chi connectivity index (χ0v) is 9.41. The van der Waals surface area contributed by atoms with Crippen LogP contribution in [0.25, 0.3) is 0 Å². The molecule has 0 radical (unpaired) electrons. The molecule has 1 aliphatic rings. The molecule has 3 heteroatoms. The molecule has 0 saturated heterocycles. The van der Waals surface area contributed by atoms with Gasteiger partial charge in [0.25, 0.3) is 0 Å². The zero-order chi connectivity index (χ0) is 11.5. The molecule has 0 bridgehead atoms. The molecule has 1 aliphatic carbocycles. The van der Waals surface area contributed by atoms with E-state index in [9.17, 15) is 4.39 Å². The van der Waals surface area contributed by atoms with Gasteiger partial charge in [0.05, 0.1) is 5.56 Å². The molecule has 1 aromatic carbocycles. The largest absolute Gasteiger partial charge is 0.368 e. The Bertz CT molecular complexity index is 418. The SMILES string of the molecule is CCCN(c1ccc(C#N)c(F)c1)C1CC1. The van der Waals surface area contributed by atoms with Gasteiger partial charge in [-0.25, -0.2) is 4.39 Å². The van der Waals surface area contributed by atoms with Gasteiger partial charge in [0.15, 0.2) is 0 Å². The molecule has 2 nitrogen and oxygen atoms in total. The van der Waals surface area contributed by atoms with Crippen molar-refractivity contribution >= 4 is 5.69 Å². The first-order valence-electron chi connectivity index (χ1n) is 5.72. The van der Waals surface area contributed by atoms with Gasteiger partial charge in [0, 0.05) is 18.3 Å². The molecule has 0 aliphatic heterocycles. The molecule has 2 rings (SSSR count). The van der Waals surface area contributed by atoms with Gasteiger partial charge >= 0.3 is 0 Å². The lowest BCUT2D eigenvalue weighted by molar-refractivity contribution is 0.622. The van der Waals surface area contributed by atoms with E-state index < -0.39 is 5.82 Å². The molecule has 16 heavy (non-hydrogen) atoms. The minimum atomic E-state index is -0.415. The van der Waals surface area contributed by atoms with E-state index in [1.807, 2.05) is 12.1 Å². The van der Waals surface area contributed by atoms with E-state index in [2.05, 4.69) is 11.8 Å². The van der Waals surface area contributed by atoms with Gasteiger partial charge in [-0.15, -0.1) is 0 Å². The number of hydrogen-bond acceptors (Lipinski definition) is 2. The molecular weight excluding hydrogens is 203 g/mol. The van der Waals surface area contributed by atoms with Gasteiger partial charge in [-0.2, -0.15) is 5.26 Å². The molecule has 0 atom stereocenters. The van der Waals surface area contributed by atoms with E-state index in [1.54, 1.807) is 6.07 Å². The highest BCUT2D eigenvalue weighted by atomic mass is 19.1. The van der Waals surface area contributed by atoms with Gasteiger partial charge < -0.3 is 4.90 Å². The summed E-state index contributed by atoms with van der Waals surface area (Å²) in [4.78, 5) is 2.24. The third-order valence-corrected chi connectivity index (χ3v) is 2.86. The average molecular weight is 218 g/mol. The lowest BCUT2D eigenvalue weighted by Crippen LogP contribution is -2.26. The second-order valence-electron chi connectivity index (χ2n) is 4.20. The summed E-state index contributed by atoms with van der Waals surface area (Å²) < 4.78 is 13.5. The van der Waals surface area contributed by atoms with E-state index in [4.69, 9.17) is 5.26 Å². The fraction of sp³-hybridized carbons (Fsp3) is 0.462. The highest BCUT2D eigenvalue weighted by Crippen LogP contribution is 2.32. The van der Waals surface area contributed by atoms with Crippen molar-refractivity contribution in [2.75, 3.05) is 11.4 Å². The van der Waals surface area contributed by atoms with E-state index in [0.717, 1.165) is 18.7 Å². The van der Waals surface area contributed by atoms with Crippen molar-refractivity contribution in [3.05, 3.63) is 29.6 Å². The second kappa shape index (κ2) is 4.52. The highest BCUT2D eigenvalue weighted by Gasteiger charge is 2.28. The molecule has 0 amide bonds. The fourth-order valence-electron chi connectivity index (χ4n) is 1.92. The van der Waals surface area contributed by atoms with Crippen molar-refractivity contribution < 1.29 is 4.39 Å². The number of rotatable bonds is 4. The summed E-state index contributed by atoms with van der Waals surface area (Å²) >= 11 is 0. The Balaban J connectivity index is 2.24. The Hall–Kier alpha value is -1.56. The molecule has 0 aromatic heterocycles. The summed E-state index contributed by atoms with van der Waals surface area (Å²) in [5, 5.41) is 8.67. The third-order valence-electron chi connectivity index (χ3n) is 2.86. The molecular formula is C13H15FN2. The van der Waals surface area contributed by atoms with Crippen LogP contribution in [0.2, 0.25) is 0 Å². The summed E-state index contributed by atoms with van der Waals surface area (Å²) in [6.45, 7) is 3.07. The van der Waals surface area contributed by atoms with Crippen LogP contribution in [0, 0.1) is 17.1 Å². The van der Waals surface area contributed by atoms with Crippen molar-refractivity contribution in [3.63, 3.8) is 0 Å². The van der Waals surface area contributed by atoms with Crippen molar-refractivity contribution in [1.29, 1.82) is 5.26 Å². The maximum atomic E-state index is 13.5. The number of anilines is 1. The van der Waals surface area contributed by atoms with E-state index >= 15 is 0 Å². The number of halogens is 1. The van der Waals surface area contributed by atoms with Crippen LogP contribution in [-0.2, 0) is 0 Å². The Morgan fingerprint density at radius 1 is 1.50 bits per heavy atom. The lowest BCUT2D eigenvalue weighted by Gasteiger charge is -2.24. The Morgan fingerprint density at radius 2 is 2.25 bits per heavy atom. The highest BCUT2D eigenvalue weighted by molar-refractivity contribution is 5.52. The molecule has 1 aromatic rings. The van der Waals surface area contributed by atoms with E-state index in [-0.39, 0.29) is 5.56 Å². The smallest absolute Gasteiger partial charge is 0.143 e. The number of nitriles is 1. The van der Waals surface area contributed by atoms with Crippen LogP contribution < -0.4 is 4.90 Å². The first kappa shape index (κ1) is 10.9. The van der Waals surface area contributed by atoms with Crippen LogP contribution in [-0.4, -0.2) is 12.6 Å². The fourth-order valence-corrected chi connectivity index (χ4v) is 1.92. The zero-order valence-electron chi connectivity index (χ0n) is 9.41. The summed E-state index contributed by atoms with van der Waals surface area (Å²) in [5.74, 6) is -0.415. The normalized spacial score (nSPS) is 14.6. The van der Waals surface area contributed by atoms with E-state index in [0.29, 0.717) is 6.04 Å². The number of benzene rings is 1. The standard InChI is InChI=1S/C13H15FN2/c1-2-7-16(11-5-6-11)12-4-3-10(9-15)13(14)8-12/h3-4,8,11H,2,5-7H2,1H3. The van der Waals surface area contributed by atoms with Crippen LogP contribution in [0.4, 0.5) is 10.1 Å². The Kier molecular flexibility index (Phi) is 3.09. The van der Waals surface area contributed by atoms with Crippen LogP contribution in [0.15, 0.2) is 18.2 Å². The first-order valence-corrected chi connectivity index (χ1v) is 5.72. The van der Waals surface area contributed by atoms with E-state index in [1.165, 1.54) is 18.9 Å². The van der Waals surface area contributed by atoms with Crippen molar-refractivity contribution in [2.45, 2.75) is 32.2 Å². The van der Waals surface area contributed by atoms with Gasteiger partial charge in [-0.05, 0) is 37.5 Å². The first-order chi connectivity index (χ1) is 7.76. The average Bonchev–Trinajstić information content (AvgIpc) is 3.09. The number of hydrogen-bond donors (Lipinski definition) is 0. The van der Waals surface area contributed by atoms with Crippen LogP contribution in [0.3, 0.4) is 0 Å². The maximum Gasteiger partial charge on any atom is 0.143 e. The predicted molar refractivity (Wildman–Crippen MR) is 61.8 cm³/mol. The summed E-state index contributed by atoms with van der Waals surface area (Å²) in [5.41, 5.74) is 1.02. The topological polar surface area (TPSA) is 27.0 Å². The van der Waals surface area contributed by atoms with Gasteiger partial charge in [0.2, 0.25) is 0 Å². The predicted octanol–water partition coefficient (Wildman–Crippen LogP) is 3.08. The van der Waals surface area contributed by atoms with Crippen molar-refractivity contribution in [1.82, 2.24) is 0 Å². The van der Waals surface area contributed by atoms with Crippen molar-refractivity contribution in [3.8, 4) is 6.07 Å². The van der Waals surface area contributed by atoms with Crippen LogP contribution >= 0.6 is 0 Å². The Labute approximate surface area is 95.3 Å². The summed E-state index contributed by atoms with van der Waals surface area (Å²) in [6, 6.07) is 7.31. The molecule has 0 unspecified atom stereocenters. The molecule has 1 saturated carbocycles. The van der Waals surface area contributed by atoms with Crippen LogP contribution in [0.5, 0.6) is 0 Å². The number of nitrogens with zero attached hydrogens (tertiary/aromatic N) is 2. The lowest BCUT2D eigenvalue weighted by atomic mass is 10.2. The maximum absolute atomic E-state index is 13.5. The molecule has 0 N–H and O–H groups in total. The molecule has 0 heterocycles. The second-order valence-corrected chi connectivity index (χ2v) is 4.20. The minimum absolute atomic E-state index is 0.121. The third kappa shape index (κ3) is 2.16. The summed E-state index contributed by atoms with van der Waals surface area (Å²) in [6.07, 6.45) is 3.45. The molecule has 1 fully saturated rings. The van der Waals surface area contributed by atoms with Gasteiger partial charge in [-0.3, -0.25) is 0 Å². The van der Waals surface area contributed by atoms with Gasteiger partial charge in [-0.1, -0.05) is 6.92 Å². The van der Waals surface area contributed by atoms with Crippen LogP contribution in [0.1, 0.15) is 31.7 Å². The van der Waals surface area contributed by atoms with Crippen molar-refractivity contribution in [2.24, 2.45) is 0 Å². The quantitative estimate of drug-likeness (QED) is 0.776. The van der Waals surface area contributed by atoms with Gasteiger partial charge in [0.1, 0.15) is 11.9 Å². The molecule has 0 spiro atoms. The molecule has 84 valence electrons. The monoisotopic (exact) mass is 218 g/mol. The minimum Gasteiger partial charge on any atom is -0.368 e. The Morgan fingerprint density at radius 3 is 2.75 bits per heavy atom.